The predicted octanol–water partition coefficient (Wildman–Crippen LogP) is 14.2. The second-order valence-corrected chi connectivity index (χ2v) is 22.6. The molecule has 1 heterocycles. The molecule has 14 rings (SSSR count). The van der Waals surface area contributed by atoms with Crippen LogP contribution in [-0.4, -0.2) is 0 Å². The zero-order chi connectivity index (χ0) is 36.2. The molecule has 2 heteroatoms. The number of nitrogens with zero attached hydrogens (tertiary/aromatic N) is 1. The molecule has 0 amide bonds. The number of rotatable bonds is 4. The lowest BCUT2D eigenvalue weighted by molar-refractivity contribution is -0.0443. The Balaban J connectivity index is 1.02. The summed E-state index contributed by atoms with van der Waals surface area (Å²) in [7, 11) is 0. The van der Waals surface area contributed by atoms with Gasteiger partial charge in [-0.1, -0.05) is 75.9 Å². The third kappa shape index (κ3) is 4.65. The van der Waals surface area contributed by atoms with Crippen molar-refractivity contribution in [3.05, 3.63) is 113 Å². The van der Waals surface area contributed by atoms with Gasteiger partial charge in [-0.2, -0.15) is 0 Å². The Morgan fingerprint density at radius 3 is 1.65 bits per heavy atom. The van der Waals surface area contributed by atoms with Crippen LogP contribution in [0.2, 0.25) is 0 Å². The first-order valence-electron chi connectivity index (χ1n) is 22.1. The van der Waals surface area contributed by atoms with Crippen molar-refractivity contribution in [1.82, 2.24) is 0 Å². The van der Waals surface area contributed by atoms with Crippen LogP contribution in [0.5, 0.6) is 0 Å². The molecule has 0 radical (unpaired) electrons. The number of hydrogen-bond acceptors (Lipinski definition) is 2. The van der Waals surface area contributed by atoms with E-state index in [2.05, 4.69) is 118 Å². The lowest BCUT2D eigenvalue weighted by Gasteiger charge is -2.63. The highest BCUT2D eigenvalue weighted by atomic mass is 32.2. The van der Waals surface area contributed by atoms with Gasteiger partial charge in [-0.05, 0) is 217 Å². The fourth-order valence-electron chi connectivity index (χ4n) is 15.6. The standard InChI is InChI=1S/C52H59NS/c1-49(2)17-18-50(3,4)45-27-41(13-15-43(45)49)53(40-11-9-37(10-12-40)51-29-34-20-35(30-51)22-36(21-34)31-51)42-14-16-48-46(28-42)52(44-7-5-6-8-47(44)54-48)38-23-32-19-33(25-38)26-39(52)24-32/h5-16,27-28,32-36,38-39H,17-26,29-31H2,1-4H3. The number of hydrogen-bond donors (Lipinski definition) is 0. The molecule has 8 fully saturated rings. The van der Waals surface area contributed by atoms with Crippen LogP contribution in [-0.2, 0) is 21.7 Å². The number of benzene rings is 4. The van der Waals surface area contributed by atoms with Gasteiger partial charge in [-0.15, -0.1) is 0 Å². The second-order valence-electron chi connectivity index (χ2n) is 21.5. The zero-order valence-corrected chi connectivity index (χ0v) is 34.0. The van der Waals surface area contributed by atoms with E-state index in [1.54, 1.807) is 27.8 Å². The summed E-state index contributed by atoms with van der Waals surface area (Å²) in [6.45, 7) is 9.90. The average molecular weight is 730 g/mol. The SMILES string of the molecule is CC1(C)CCC(C)(C)c2cc(N(c3ccc(C45CC6CC(CC(C6)C4)C5)cc3)c3ccc4c(c3)C3(c5ccccc5S4)C4CC5CC(C4)CC3C5)ccc21. The summed E-state index contributed by atoms with van der Waals surface area (Å²) in [4.78, 5) is 5.69. The van der Waals surface area contributed by atoms with Crippen molar-refractivity contribution in [3.63, 3.8) is 0 Å². The van der Waals surface area contributed by atoms with Crippen LogP contribution in [0.15, 0.2) is 94.7 Å². The van der Waals surface area contributed by atoms with E-state index in [-0.39, 0.29) is 16.2 Å². The van der Waals surface area contributed by atoms with Gasteiger partial charge in [-0.3, -0.25) is 0 Å². The van der Waals surface area contributed by atoms with Crippen molar-refractivity contribution < 1.29 is 0 Å². The average Bonchev–Trinajstić information content (AvgIpc) is 3.15. The highest BCUT2D eigenvalue weighted by molar-refractivity contribution is 7.99. The second kappa shape index (κ2) is 11.3. The molecule has 1 nitrogen and oxygen atoms in total. The largest absolute Gasteiger partial charge is 0.310 e. The van der Waals surface area contributed by atoms with Crippen LogP contribution >= 0.6 is 11.8 Å². The van der Waals surface area contributed by atoms with E-state index in [0.717, 1.165) is 41.4 Å². The third-order valence-electron chi connectivity index (χ3n) is 17.5. The van der Waals surface area contributed by atoms with Gasteiger partial charge >= 0.3 is 0 Å². The first-order valence-corrected chi connectivity index (χ1v) is 22.9. The van der Waals surface area contributed by atoms with Crippen molar-refractivity contribution in [2.24, 2.45) is 41.4 Å². The van der Waals surface area contributed by atoms with Crippen molar-refractivity contribution in [2.45, 2.75) is 143 Å². The Labute approximate surface area is 329 Å². The van der Waals surface area contributed by atoms with Crippen molar-refractivity contribution >= 4 is 28.8 Å². The van der Waals surface area contributed by atoms with Crippen molar-refractivity contribution in [3.8, 4) is 0 Å². The molecule has 4 aromatic rings. The van der Waals surface area contributed by atoms with Gasteiger partial charge < -0.3 is 4.90 Å². The summed E-state index contributed by atoms with van der Waals surface area (Å²) >= 11 is 2.04. The van der Waals surface area contributed by atoms with Gasteiger partial charge in [0.15, 0.2) is 0 Å². The first kappa shape index (κ1) is 33.2. The van der Waals surface area contributed by atoms with Crippen LogP contribution in [0.1, 0.15) is 139 Å². The van der Waals surface area contributed by atoms with Crippen LogP contribution in [0.25, 0.3) is 0 Å². The number of fused-ring (bicyclic) bond motifs is 3. The van der Waals surface area contributed by atoms with Crippen molar-refractivity contribution in [1.29, 1.82) is 0 Å². The molecule has 1 aliphatic heterocycles. The maximum atomic E-state index is 2.71. The molecular weight excluding hydrogens is 671 g/mol. The van der Waals surface area contributed by atoms with E-state index in [1.165, 1.54) is 110 Å². The monoisotopic (exact) mass is 729 g/mol. The summed E-state index contributed by atoms with van der Waals surface area (Å²) in [6, 6.07) is 35.1. The molecule has 0 unspecified atom stereocenters. The van der Waals surface area contributed by atoms with E-state index in [9.17, 15) is 0 Å². The maximum absolute atomic E-state index is 2.71. The summed E-state index contributed by atoms with van der Waals surface area (Å²) in [5, 5.41) is 0. The molecule has 8 bridgehead atoms. The van der Waals surface area contributed by atoms with Gasteiger partial charge in [0, 0.05) is 32.3 Å². The Morgan fingerprint density at radius 1 is 0.481 bits per heavy atom. The van der Waals surface area contributed by atoms with Gasteiger partial charge in [0.05, 0.1) is 0 Å². The highest BCUT2D eigenvalue weighted by Crippen LogP contribution is 2.69. The fraction of sp³-hybridized carbons (Fsp3) is 0.538. The maximum Gasteiger partial charge on any atom is 0.0465 e. The smallest absolute Gasteiger partial charge is 0.0465 e. The molecule has 0 aromatic heterocycles. The minimum absolute atomic E-state index is 0.135. The third-order valence-corrected chi connectivity index (χ3v) is 18.7. The number of anilines is 3. The molecule has 0 atom stereocenters. The van der Waals surface area contributed by atoms with Crippen LogP contribution in [0.4, 0.5) is 17.1 Å². The van der Waals surface area contributed by atoms with E-state index in [0.29, 0.717) is 5.41 Å². The van der Waals surface area contributed by atoms with Gasteiger partial charge in [0.1, 0.15) is 0 Å². The molecule has 9 aliphatic carbocycles. The van der Waals surface area contributed by atoms with Crippen LogP contribution in [0.3, 0.4) is 0 Å². The molecule has 278 valence electrons. The quantitative estimate of drug-likeness (QED) is 0.206. The molecule has 8 saturated carbocycles. The minimum Gasteiger partial charge on any atom is -0.310 e. The predicted molar refractivity (Wildman–Crippen MR) is 225 cm³/mol. The topological polar surface area (TPSA) is 3.24 Å². The van der Waals surface area contributed by atoms with Gasteiger partial charge in [0.2, 0.25) is 0 Å². The lowest BCUT2D eigenvalue weighted by Crippen LogP contribution is -2.57. The Bertz CT molecular complexity index is 2110. The molecule has 1 spiro atoms. The van der Waals surface area contributed by atoms with E-state index in [4.69, 9.17) is 0 Å². The Morgan fingerprint density at radius 2 is 1.00 bits per heavy atom. The molecular formula is C52H59NS. The minimum atomic E-state index is 0.135. The molecule has 4 aromatic carbocycles. The summed E-state index contributed by atoms with van der Waals surface area (Å²) in [6.07, 6.45) is 18.4. The lowest BCUT2D eigenvalue weighted by atomic mass is 9.42. The normalized spacial score (nSPS) is 36.9. The molecule has 0 N–H and O–H groups in total. The van der Waals surface area contributed by atoms with Crippen LogP contribution in [0, 0.1) is 41.4 Å². The summed E-state index contributed by atoms with van der Waals surface area (Å²) in [5.41, 5.74) is 12.9. The van der Waals surface area contributed by atoms with Crippen molar-refractivity contribution in [2.75, 3.05) is 4.90 Å². The van der Waals surface area contributed by atoms with E-state index in [1.807, 2.05) is 11.8 Å². The van der Waals surface area contributed by atoms with Gasteiger partial charge in [-0.25, -0.2) is 0 Å². The van der Waals surface area contributed by atoms with Gasteiger partial charge in [0.25, 0.3) is 0 Å². The molecule has 0 saturated heterocycles. The fourth-order valence-corrected chi connectivity index (χ4v) is 16.8. The van der Waals surface area contributed by atoms with Crippen LogP contribution < -0.4 is 4.90 Å². The summed E-state index contributed by atoms with van der Waals surface area (Å²) in [5.74, 6) is 6.29. The zero-order valence-electron chi connectivity index (χ0n) is 33.2. The van der Waals surface area contributed by atoms with E-state index >= 15 is 0 Å². The summed E-state index contributed by atoms with van der Waals surface area (Å²) < 4.78 is 0. The molecule has 54 heavy (non-hydrogen) atoms. The Hall–Kier alpha value is -2.97. The first-order chi connectivity index (χ1) is 26.1. The molecule has 10 aliphatic rings. The highest BCUT2D eigenvalue weighted by Gasteiger charge is 2.61. The van der Waals surface area contributed by atoms with E-state index < -0.39 is 0 Å². The Kier molecular flexibility index (Phi) is 6.96.